The van der Waals surface area contributed by atoms with E-state index in [0.717, 1.165) is 28.6 Å². The molecule has 0 aliphatic carbocycles. The maximum atomic E-state index is 13.7. The molecule has 144 valence electrons. The molecule has 1 aromatic heterocycles. The van der Waals surface area contributed by atoms with Gasteiger partial charge < -0.3 is 14.6 Å². The van der Waals surface area contributed by atoms with Crippen LogP contribution in [0, 0.1) is 5.21 Å². The summed E-state index contributed by atoms with van der Waals surface area (Å²) in [5.41, 5.74) is 3.48. The highest BCUT2D eigenvalue weighted by Crippen LogP contribution is 2.45. The number of nitrogens with zero attached hydrogens (tertiary/aromatic N) is 2. The van der Waals surface area contributed by atoms with Crippen LogP contribution in [0.5, 0.6) is 0 Å². The van der Waals surface area contributed by atoms with Crippen LogP contribution in [0.3, 0.4) is 0 Å². The van der Waals surface area contributed by atoms with Crippen molar-refractivity contribution < 1.29 is 14.2 Å². The van der Waals surface area contributed by atoms with Crippen molar-refractivity contribution >= 4 is 17.0 Å². The summed E-state index contributed by atoms with van der Waals surface area (Å²) in [7, 11) is 0. The molecule has 3 heterocycles. The summed E-state index contributed by atoms with van der Waals surface area (Å²) in [6.07, 6.45) is 4.10. The molecule has 0 radical (unpaired) electrons. The highest BCUT2D eigenvalue weighted by Gasteiger charge is 2.43. The van der Waals surface area contributed by atoms with Gasteiger partial charge in [-0.3, -0.25) is 0 Å². The van der Waals surface area contributed by atoms with Crippen molar-refractivity contribution in [3.63, 3.8) is 0 Å². The Morgan fingerprint density at radius 1 is 1.33 bits per heavy atom. The summed E-state index contributed by atoms with van der Waals surface area (Å²) in [6.45, 7) is 8.80. The van der Waals surface area contributed by atoms with E-state index in [1.54, 1.807) is 4.57 Å². The van der Waals surface area contributed by atoms with Crippen molar-refractivity contribution in [2.75, 3.05) is 13.1 Å². The molecular formula is C22H28N2O3. The van der Waals surface area contributed by atoms with Gasteiger partial charge in [0.25, 0.3) is 0 Å². The Morgan fingerprint density at radius 2 is 2.07 bits per heavy atom. The number of para-hydroxylation sites is 1. The minimum absolute atomic E-state index is 0.246. The lowest BCUT2D eigenvalue weighted by Gasteiger charge is -2.53. The van der Waals surface area contributed by atoms with Gasteiger partial charge in [0, 0.05) is 18.2 Å². The molecule has 2 aliphatic heterocycles. The van der Waals surface area contributed by atoms with Gasteiger partial charge >= 0.3 is 6.09 Å². The van der Waals surface area contributed by atoms with E-state index in [2.05, 4.69) is 19.1 Å². The zero-order valence-corrected chi connectivity index (χ0v) is 16.6. The molecule has 5 nitrogen and oxygen atoms in total. The van der Waals surface area contributed by atoms with Crippen LogP contribution < -0.4 is 0 Å². The highest BCUT2D eigenvalue weighted by atomic mass is 16.6. The standard InChI is InChI=1S/C22H28N2O3/c1-5-15-10-11-19-20-17(12-13-24(19,26)14-15)16-8-6-7-9-18(16)23(20)21(25)27-22(2,3)4/h6-10,19H,5,11-14H2,1-4H3/t19-,24+/m0/s1. The van der Waals surface area contributed by atoms with Crippen LogP contribution in [0.15, 0.2) is 35.9 Å². The first-order chi connectivity index (χ1) is 12.7. The average Bonchev–Trinajstić information content (AvgIpc) is 2.93. The number of aromatic nitrogens is 1. The van der Waals surface area contributed by atoms with Gasteiger partial charge in [0.15, 0.2) is 0 Å². The van der Waals surface area contributed by atoms with Gasteiger partial charge in [-0.25, -0.2) is 9.36 Å². The van der Waals surface area contributed by atoms with Crippen molar-refractivity contribution in [1.29, 1.82) is 0 Å². The summed E-state index contributed by atoms with van der Waals surface area (Å²) >= 11 is 0. The number of fused-ring (bicyclic) bond motifs is 5. The van der Waals surface area contributed by atoms with Crippen molar-refractivity contribution in [2.24, 2.45) is 0 Å². The summed E-state index contributed by atoms with van der Waals surface area (Å²) in [6, 6.07) is 7.68. The summed E-state index contributed by atoms with van der Waals surface area (Å²) in [5.74, 6) is 0. The van der Waals surface area contributed by atoms with Gasteiger partial charge in [0.2, 0.25) is 0 Å². The molecule has 0 N–H and O–H groups in total. The zero-order valence-electron chi connectivity index (χ0n) is 16.6. The van der Waals surface area contributed by atoms with E-state index in [4.69, 9.17) is 4.74 Å². The number of ether oxygens (including phenoxy) is 1. The molecule has 5 heteroatoms. The van der Waals surface area contributed by atoms with Gasteiger partial charge in [0.05, 0.1) is 17.8 Å². The van der Waals surface area contributed by atoms with Gasteiger partial charge in [0.1, 0.15) is 18.2 Å². The summed E-state index contributed by atoms with van der Waals surface area (Å²) in [4.78, 5) is 13.1. The lowest BCUT2D eigenvalue weighted by atomic mass is 9.90. The van der Waals surface area contributed by atoms with E-state index in [0.29, 0.717) is 25.9 Å². The molecule has 2 aliphatic rings. The van der Waals surface area contributed by atoms with Crippen LogP contribution in [0.25, 0.3) is 10.9 Å². The molecule has 0 spiro atoms. The largest absolute Gasteiger partial charge is 0.632 e. The first-order valence-corrected chi connectivity index (χ1v) is 9.85. The fraction of sp³-hybridized carbons (Fsp3) is 0.500. The minimum atomic E-state index is -0.588. The third-order valence-electron chi connectivity index (χ3n) is 5.77. The quantitative estimate of drug-likeness (QED) is 0.401. The number of rotatable bonds is 1. The van der Waals surface area contributed by atoms with Crippen molar-refractivity contribution in [3.05, 3.63) is 52.4 Å². The van der Waals surface area contributed by atoms with Crippen LogP contribution in [0.2, 0.25) is 0 Å². The fourth-order valence-corrected chi connectivity index (χ4v) is 4.56. The third-order valence-corrected chi connectivity index (χ3v) is 5.77. The van der Waals surface area contributed by atoms with E-state index in [1.807, 2.05) is 39.0 Å². The first-order valence-electron chi connectivity index (χ1n) is 9.85. The molecule has 0 unspecified atom stereocenters. The second-order valence-electron chi connectivity index (χ2n) is 8.75. The molecule has 2 aromatic rings. The summed E-state index contributed by atoms with van der Waals surface area (Å²) in [5, 5.41) is 14.8. The number of hydrogen-bond acceptors (Lipinski definition) is 3. The molecule has 4 rings (SSSR count). The van der Waals surface area contributed by atoms with Crippen molar-refractivity contribution in [1.82, 2.24) is 4.57 Å². The molecule has 0 saturated heterocycles. The lowest BCUT2D eigenvalue weighted by Crippen LogP contribution is -2.53. The Bertz CT molecular complexity index is 935. The molecule has 0 saturated carbocycles. The Labute approximate surface area is 160 Å². The number of quaternary nitrogens is 1. The second kappa shape index (κ2) is 6.21. The van der Waals surface area contributed by atoms with Crippen molar-refractivity contribution in [2.45, 2.75) is 58.6 Å². The average molecular weight is 368 g/mol. The predicted octanol–water partition coefficient (Wildman–Crippen LogP) is 5.08. The third kappa shape index (κ3) is 2.99. The number of carbonyl (C=O) groups is 1. The molecule has 27 heavy (non-hydrogen) atoms. The first kappa shape index (κ1) is 18.3. The predicted molar refractivity (Wildman–Crippen MR) is 106 cm³/mol. The smallest absolute Gasteiger partial charge is 0.419 e. The van der Waals surface area contributed by atoms with E-state index in [9.17, 15) is 10.0 Å². The van der Waals surface area contributed by atoms with Crippen LogP contribution in [-0.2, 0) is 11.2 Å². The normalized spacial score (nSPS) is 24.9. The number of benzene rings is 1. The molecule has 1 aromatic carbocycles. The fourth-order valence-electron chi connectivity index (χ4n) is 4.56. The van der Waals surface area contributed by atoms with Crippen LogP contribution >= 0.6 is 0 Å². The lowest BCUT2D eigenvalue weighted by molar-refractivity contribution is -0.911. The number of carbonyl (C=O) groups excluding carboxylic acids is 1. The maximum Gasteiger partial charge on any atom is 0.419 e. The Hall–Kier alpha value is -2.11. The van der Waals surface area contributed by atoms with Gasteiger partial charge in [-0.05, 0) is 44.4 Å². The monoisotopic (exact) mass is 368 g/mol. The molecule has 0 fully saturated rings. The molecule has 2 atom stereocenters. The minimum Gasteiger partial charge on any atom is -0.632 e. The summed E-state index contributed by atoms with van der Waals surface area (Å²) < 4.78 is 7.13. The molecular weight excluding hydrogens is 340 g/mol. The van der Waals surface area contributed by atoms with Crippen molar-refractivity contribution in [3.8, 4) is 0 Å². The Morgan fingerprint density at radius 3 is 2.78 bits per heavy atom. The van der Waals surface area contributed by atoms with Gasteiger partial charge in [-0.1, -0.05) is 31.2 Å². The molecule has 0 amide bonds. The SMILES string of the molecule is CCC1=CC[C@H]2c3c(c4ccccc4n3C(=O)OC(C)(C)C)CC[N@@+]2([O-])C1. The second-order valence-corrected chi connectivity index (χ2v) is 8.75. The van der Waals surface area contributed by atoms with E-state index in [1.165, 1.54) is 5.57 Å². The number of hydroxylamine groups is 3. The highest BCUT2D eigenvalue weighted by molar-refractivity contribution is 5.94. The van der Waals surface area contributed by atoms with E-state index in [-0.39, 0.29) is 10.7 Å². The maximum absolute atomic E-state index is 13.7. The van der Waals surface area contributed by atoms with E-state index < -0.39 is 11.7 Å². The molecule has 0 bridgehead atoms. The van der Waals surface area contributed by atoms with E-state index >= 15 is 0 Å². The van der Waals surface area contributed by atoms with Gasteiger partial charge in [-0.2, -0.15) is 0 Å². The van der Waals surface area contributed by atoms with Gasteiger partial charge in [-0.15, -0.1) is 0 Å². The van der Waals surface area contributed by atoms with Crippen LogP contribution in [0.1, 0.15) is 57.8 Å². The Balaban J connectivity index is 1.91. The van der Waals surface area contributed by atoms with Crippen LogP contribution in [-0.4, -0.2) is 34.0 Å². The zero-order chi connectivity index (χ0) is 19.4. The number of hydrogen-bond donors (Lipinski definition) is 0. The Kier molecular flexibility index (Phi) is 4.20. The van der Waals surface area contributed by atoms with Crippen LogP contribution in [0.4, 0.5) is 4.79 Å². The topological polar surface area (TPSA) is 54.3 Å².